The molecule has 0 amide bonds. The Kier molecular flexibility index (Phi) is 3.57. The first kappa shape index (κ1) is 12.3. The summed E-state index contributed by atoms with van der Waals surface area (Å²) in [6, 6.07) is 1.03. The van der Waals surface area contributed by atoms with Gasteiger partial charge in [0.2, 0.25) is 0 Å². The number of nitrogens with zero attached hydrogens (tertiary/aromatic N) is 1. The molecule has 0 radical (unpaired) electrons. The molecule has 0 aromatic heterocycles. The fraction of sp³-hybridized carbons (Fsp3) is 1.00. The zero-order valence-electron chi connectivity index (χ0n) is 10.9. The van der Waals surface area contributed by atoms with Crippen molar-refractivity contribution < 1.29 is 5.11 Å². The Bertz CT molecular complexity index is 237. The Morgan fingerprint density at radius 2 is 2.06 bits per heavy atom. The maximum Gasteiger partial charge on any atom is 0.0746 e. The number of likely N-dealkylation sites (tertiary alicyclic amines) is 1. The molecule has 3 unspecified atom stereocenters. The van der Waals surface area contributed by atoms with Gasteiger partial charge in [0.15, 0.2) is 0 Å². The lowest BCUT2D eigenvalue weighted by molar-refractivity contribution is -0.0298. The average Bonchev–Trinajstić information content (AvgIpc) is 2.66. The summed E-state index contributed by atoms with van der Waals surface area (Å²) in [6.45, 7) is 9.67. The van der Waals surface area contributed by atoms with Gasteiger partial charge in [0, 0.05) is 12.1 Å². The molecule has 0 bridgehead atoms. The molecule has 2 aliphatic heterocycles. The molecule has 0 spiro atoms. The molecule has 2 aliphatic rings. The minimum atomic E-state index is -0.554. The van der Waals surface area contributed by atoms with Crippen molar-refractivity contribution in [1.29, 1.82) is 0 Å². The predicted octanol–water partition coefficient (Wildman–Crippen LogP) is 1.22. The van der Waals surface area contributed by atoms with E-state index in [0.29, 0.717) is 18.0 Å². The zero-order chi connectivity index (χ0) is 11.8. The number of nitrogens with one attached hydrogen (secondary N) is 1. The van der Waals surface area contributed by atoms with Gasteiger partial charge in [0.1, 0.15) is 0 Å². The summed E-state index contributed by atoms with van der Waals surface area (Å²) in [5, 5.41) is 13.7. The van der Waals surface area contributed by atoms with Crippen LogP contribution in [-0.2, 0) is 0 Å². The molecule has 0 aromatic carbocycles. The van der Waals surface area contributed by atoms with Crippen molar-refractivity contribution in [2.24, 2.45) is 5.92 Å². The lowest BCUT2D eigenvalue weighted by Crippen LogP contribution is -2.55. The van der Waals surface area contributed by atoms with Gasteiger partial charge in [-0.25, -0.2) is 0 Å². The smallest absolute Gasteiger partial charge is 0.0746 e. The molecule has 3 atom stereocenters. The van der Waals surface area contributed by atoms with Crippen molar-refractivity contribution in [3.8, 4) is 0 Å². The first-order valence-corrected chi connectivity index (χ1v) is 6.69. The van der Waals surface area contributed by atoms with E-state index in [0.717, 1.165) is 19.5 Å². The summed E-state index contributed by atoms with van der Waals surface area (Å²) < 4.78 is 0. The fourth-order valence-corrected chi connectivity index (χ4v) is 3.44. The Morgan fingerprint density at radius 1 is 1.31 bits per heavy atom. The molecule has 3 nitrogen and oxygen atoms in total. The van der Waals surface area contributed by atoms with Crippen LogP contribution in [0.25, 0.3) is 0 Å². The predicted molar refractivity (Wildman–Crippen MR) is 66.5 cm³/mol. The van der Waals surface area contributed by atoms with E-state index in [2.05, 4.69) is 17.1 Å². The molecule has 2 rings (SSSR count). The van der Waals surface area contributed by atoms with E-state index in [9.17, 15) is 5.11 Å². The average molecular weight is 226 g/mol. The Morgan fingerprint density at radius 3 is 2.69 bits per heavy atom. The van der Waals surface area contributed by atoms with Gasteiger partial charge in [0.25, 0.3) is 0 Å². The maximum absolute atomic E-state index is 10.2. The number of piperidine rings is 1. The molecule has 2 fully saturated rings. The first-order valence-electron chi connectivity index (χ1n) is 6.69. The van der Waals surface area contributed by atoms with E-state index >= 15 is 0 Å². The van der Waals surface area contributed by atoms with Crippen LogP contribution in [0.5, 0.6) is 0 Å². The van der Waals surface area contributed by atoms with E-state index in [1.807, 2.05) is 13.8 Å². The Hall–Kier alpha value is -0.120. The highest BCUT2D eigenvalue weighted by Gasteiger charge is 2.41. The van der Waals surface area contributed by atoms with Gasteiger partial charge >= 0.3 is 0 Å². The lowest BCUT2D eigenvalue weighted by atomic mass is 9.89. The molecule has 2 N–H and O–H groups in total. The molecule has 94 valence electrons. The Labute approximate surface area is 99.2 Å². The summed E-state index contributed by atoms with van der Waals surface area (Å²) in [5.41, 5.74) is -0.554. The number of aliphatic hydroxyl groups is 1. The molecular weight excluding hydrogens is 200 g/mol. The van der Waals surface area contributed by atoms with Crippen molar-refractivity contribution in [3.05, 3.63) is 0 Å². The summed E-state index contributed by atoms with van der Waals surface area (Å²) in [4.78, 5) is 2.57. The third kappa shape index (κ3) is 2.41. The van der Waals surface area contributed by atoms with Crippen LogP contribution in [0.1, 0.15) is 40.0 Å². The molecule has 2 heterocycles. The van der Waals surface area contributed by atoms with Crippen molar-refractivity contribution in [3.63, 3.8) is 0 Å². The summed E-state index contributed by atoms with van der Waals surface area (Å²) in [6.07, 6.45) is 3.62. The van der Waals surface area contributed by atoms with E-state index in [4.69, 9.17) is 0 Å². The van der Waals surface area contributed by atoms with Crippen LogP contribution in [0.2, 0.25) is 0 Å². The van der Waals surface area contributed by atoms with Gasteiger partial charge in [-0.2, -0.15) is 0 Å². The maximum atomic E-state index is 10.2. The number of hydrogen-bond donors (Lipinski definition) is 2. The van der Waals surface area contributed by atoms with E-state index in [-0.39, 0.29) is 0 Å². The summed E-state index contributed by atoms with van der Waals surface area (Å²) in [7, 11) is 0. The minimum Gasteiger partial charge on any atom is -0.389 e. The second kappa shape index (κ2) is 4.63. The Balaban J connectivity index is 2.07. The standard InChI is InChI=1S/C13H26N2O/c1-10-9-14-7-6-11(10)15-8-4-5-12(15)13(2,3)16/h10-12,14,16H,4-9H2,1-3H3. The van der Waals surface area contributed by atoms with E-state index in [1.54, 1.807) is 0 Å². The van der Waals surface area contributed by atoms with E-state index < -0.39 is 5.60 Å². The molecule has 0 aromatic rings. The molecule has 0 saturated carbocycles. The molecule has 0 aliphatic carbocycles. The topological polar surface area (TPSA) is 35.5 Å². The van der Waals surface area contributed by atoms with Crippen molar-refractivity contribution in [1.82, 2.24) is 10.2 Å². The zero-order valence-corrected chi connectivity index (χ0v) is 10.9. The van der Waals surface area contributed by atoms with Crippen LogP contribution in [0.3, 0.4) is 0 Å². The molecule has 2 saturated heterocycles. The molecule has 16 heavy (non-hydrogen) atoms. The van der Waals surface area contributed by atoms with Crippen LogP contribution in [-0.4, -0.2) is 47.3 Å². The largest absolute Gasteiger partial charge is 0.389 e. The van der Waals surface area contributed by atoms with Gasteiger partial charge in [-0.1, -0.05) is 6.92 Å². The highest BCUT2D eigenvalue weighted by atomic mass is 16.3. The lowest BCUT2D eigenvalue weighted by Gasteiger charge is -2.43. The van der Waals surface area contributed by atoms with Crippen molar-refractivity contribution in [2.75, 3.05) is 19.6 Å². The molecule has 3 heteroatoms. The number of rotatable bonds is 2. The summed E-state index contributed by atoms with van der Waals surface area (Å²) in [5.74, 6) is 0.705. The van der Waals surface area contributed by atoms with Gasteiger partial charge < -0.3 is 10.4 Å². The van der Waals surface area contributed by atoms with Crippen LogP contribution in [0.4, 0.5) is 0 Å². The van der Waals surface area contributed by atoms with Crippen LogP contribution in [0.15, 0.2) is 0 Å². The highest BCUT2D eigenvalue weighted by Crippen LogP contribution is 2.32. The third-order valence-corrected chi connectivity index (χ3v) is 4.28. The minimum absolute atomic E-state index is 0.359. The number of hydrogen-bond acceptors (Lipinski definition) is 3. The SMILES string of the molecule is CC1CNCCC1N1CCCC1C(C)(C)O. The van der Waals surface area contributed by atoms with Crippen molar-refractivity contribution >= 4 is 0 Å². The fourth-order valence-electron chi connectivity index (χ4n) is 3.44. The quantitative estimate of drug-likeness (QED) is 0.743. The van der Waals surface area contributed by atoms with Crippen molar-refractivity contribution in [2.45, 2.75) is 57.7 Å². The third-order valence-electron chi connectivity index (χ3n) is 4.28. The van der Waals surface area contributed by atoms with Crippen LogP contribution in [0, 0.1) is 5.92 Å². The van der Waals surface area contributed by atoms with Crippen LogP contribution < -0.4 is 5.32 Å². The monoisotopic (exact) mass is 226 g/mol. The second-order valence-corrected chi connectivity index (χ2v) is 6.09. The van der Waals surface area contributed by atoms with Crippen LogP contribution >= 0.6 is 0 Å². The van der Waals surface area contributed by atoms with E-state index in [1.165, 1.54) is 19.4 Å². The van der Waals surface area contributed by atoms with Gasteiger partial charge in [0.05, 0.1) is 5.60 Å². The van der Waals surface area contributed by atoms with Gasteiger partial charge in [-0.05, 0) is 58.7 Å². The normalized spacial score (nSPS) is 37.9. The summed E-state index contributed by atoms with van der Waals surface area (Å²) >= 11 is 0. The second-order valence-electron chi connectivity index (χ2n) is 6.09. The van der Waals surface area contributed by atoms with Gasteiger partial charge in [-0.3, -0.25) is 4.90 Å². The highest BCUT2D eigenvalue weighted by molar-refractivity contribution is 4.96. The first-order chi connectivity index (χ1) is 7.50. The molecular formula is C13H26N2O. The van der Waals surface area contributed by atoms with Gasteiger partial charge in [-0.15, -0.1) is 0 Å².